The average Bonchev–Trinajstić information content (AvgIpc) is 3.38. The van der Waals surface area contributed by atoms with Crippen molar-refractivity contribution in [3.05, 3.63) is 23.2 Å². The van der Waals surface area contributed by atoms with E-state index >= 15 is 0 Å². The van der Waals surface area contributed by atoms with Crippen molar-refractivity contribution in [2.45, 2.75) is 54.1 Å². The molecule has 9 nitrogen and oxygen atoms in total. The van der Waals surface area contributed by atoms with Gasteiger partial charge in [-0.05, 0) is 43.9 Å². The monoisotopic (exact) mass is 548 g/mol. The Bertz CT molecular complexity index is 1230. The smallest absolute Gasteiger partial charge is 0.391 e. The van der Waals surface area contributed by atoms with Gasteiger partial charge >= 0.3 is 12.1 Å². The Balaban J connectivity index is 1.52. The van der Waals surface area contributed by atoms with E-state index in [1.807, 2.05) is 6.07 Å². The third-order valence-electron chi connectivity index (χ3n) is 7.53. The number of rotatable bonds is 6. The summed E-state index contributed by atoms with van der Waals surface area (Å²) in [6.07, 6.45) is -4.65. The lowest BCUT2D eigenvalue weighted by Crippen LogP contribution is -2.42. The molecule has 0 bridgehead atoms. The number of aliphatic carboxylic acids is 1. The van der Waals surface area contributed by atoms with Crippen LogP contribution in [0.2, 0.25) is 5.02 Å². The minimum Gasteiger partial charge on any atom is -0.480 e. The molecule has 1 aromatic carbocycles. The summed E-state index contributed by atoms with van der Waals surface area (Å²) in [6, 6.07) is 3.96. The predicted octanol–water partition coefficient (Wildman–Crippen LogP) is 2.19. The molecule has 1 saturated carbocycles. The molecule has 2 heterocycles. The van der Waals surface area contributed by atoms with E-state index in [9.17, 15) is 41.5 Å². The average molecular weight is 549 g/mol. The Kier molecular flexibility index (Phi) is 6.68. The molecule has 3 N–H and O–H groups in total. The van der Waals surface area contributed by atoms with Crippen molar-refractivity contribution >= 4 is 39.0 Å². The van der Waals surface area contributed by atoms with Crippen molar-refractivity contribution < 1.29 is 36.3 Å². The molecule has 2 aliphatic heterocycles. The number of nitrogens with two attached hydrogens (primary N) is 1. The van der Waals surface area contributed by atoms with Gasteiger partial charge < -0.3 is 15.7 Å². The molecule has 1 aliphatic carbocycles. The van der Waals surface area contributed by atoms with E-state index in [-0.39, 0.29) is 55.2 Å². The number of amides is 1. The number of primary amides is 1. The van der Waals surface area contributed by atoms with Crippen molar-refractivity contribution in [3.63, 3.8) is 0 Å². The van der Waals surface area contributed by atoms with Crippen LogP contribution in [0.3, 0.4) is 0 Å². The van der Waals surface area contributed by atoms with Crippen LogP contribution in [0.15, 0.2) is 23.1 Å². The number of nitrogens with zero attached hydrogens (tertiary/aromatic N) is 3. The Hall–Kier alpha value is -2.56. The number of alkyl halides is 3. The van der Waals surface area contributed by atoms with Crippen LogP contribution in [0, 0.1) is 22.7 Å². The number of halogens is 4. The molecule has 3 fully saturated rings. The summed E-state index contributed by atoms with van der Waals surface area (Å²) >= 11 is 6.31. The molecular weight excluding hydrogens is 525 g/mol. The molecule has 0 radical (unpaired) electrons. The molecule has 1 amide bonds. The van der Waals surface area contributed by atoms with Crippen molar-refractivity contribution in [2.24, 2.45) is 17.1 Å². The number of piperidine rings is 1. The molecule has 3 aliphatic rings. The van der Waals surface area contributed by atoms with Gasteiger partial charge in [-0.1, -0.05) is 11.6 Å². The molecule has 2 saturated heterocycles. The minimum atomic E-state index is -4.25. The number of carboxylic acids is 1. The number of nitriles is 1. The summed E-state index contributed by atoms with van der Waals surface area (Å²) in [4.78, 5) is 26.5. The zero-order valence-corrected chi connectivity index (χ0v) is 20.5. The maximum absolute atomic E-state index is 13.4. The topological polar surface area (TPSA) is 145 Å². The van der Waals surface area contributed by atoms with Crippen LogP contribution in [0.1, 0.15) is 25.7 Å². The van der Waals surface area contributed by atoms with Crippen molar-refractivity contribution in [1.82, 2.24) is 4.90 Å². The van der Waals surface area contributed by atoms with Crippen molar-refractivity contribution in [3.8, 4) is 6.07 Å². The molecule has 1 aromatic rings. The van der Waals surface area contributed by atoms with Gasteiger partial charge in [0.1, 0.15) is 6.04 Å². The second-order valence-corrected chi connectivity index (χ2v) is 12.1. The highest BCUT2D eigenvalue weighted by Gasteiger charge is 2.66. The first-order valence-electron chi connectivity index (χ1n) is 11.3. The standard InChI is InChI=1S/C22H24ClF3N4O5S/c23-15-7-13(29-5-3-12(4-6-29)22(24,25)26)1-2-17(15)36(34,35)14-8-16(19(31)32)30(10-14)18-9-21(18,11-27)20(28)33/h1-2,7,12,14,16,18H,3-6,8-10H2,(H2,28,33)(H,31,32)/t14-,16+,18?,21?/m1/s1. The normalized spacial score (nSPS) is 29.6. The number of carboxylic acid groups (broad SMARTS) is 1. The van der Waals surface area contributed by atoms with E-state index in [4.69, 9.17) is 17.3 Å². The Morgan fingerprint density at radius 1 is 1.25 bits per heavy atom. The first-order chi connectivity index (χ1) is 16.7. The van der Waals surface area contributed by atoms with Crippen LogP contribution >= 0.6 is 11.6 Å². The Morgan fingerprint density at radius 3 is 2.36 bits per heavy atom. The van der Waals surface area contributed by atoms with Crippen molar-refractivity contribution in [2.75, 3.05) is 24.5 Å². The third-order valence-corrected chi connectivity index (χ3v) is 10.1. The summed E-state index contributed by atoms with van der Waals surface area (Å²) in [7, 11) is -4.12. The molecule has 0 spiro atoms. The van der Waals surface area contributed by atoms with Crippen LogP contribution < -0.4 is 10.6 Å². The number of anilines is 1. The molecule has 4 atom stereocenters. The lowest BCUT2D eigenvalue weighted by molar-refractivity contribution is -0.179. The lowest BCUT2D eigenvalue weighted by atomic mass is 9.96. The number of carbonyl (C=O) groups is 2. The van der Waals surface area contributed by atoms with E-state index in [2.05, 4.69) is 0 Å². The highest BCUT2D eigenvalue weighted by molar-refractivity contribution is 7.92. The molecule has 36 heavy (non-hydrogen) atoms. The number of hydrogen-bond acceptors (Lipinski definition) is 7. The molecular formula is C22H24ClF3N4O5S. The Labute approximate surface area is 210 Å². The maximum Gasteiger partial charge on any atom is 0.391 e. The van der Waals surface area contributed by atoms with Crippen LogP contribution in [0.5, 0.6) is 0 Å². The number of hydrogen-bond donors (Lipinski definition) is 2. The summed E-state index contributed by atoms with van der Waals surface area (Å²) < 4.78 is 65.7. The first-order valence-corrected chi connectivity index (χ1v) is 13.2. The molecule has 14 heteroatoms. The number of sulfone groups is 1. The molecule has 2 unspecified atom stereocenters. The second-order valence-electron chi connectivity index (χ2n) is 9.54. The van der Waals surface area contributed by atoms with E-state index < -0.39 is 56.6 Å². The van der Waals surface area contributed by atoms with Gasteiger partial charge in [0.15, 0.2) is 15.3 Å². The minimum absolute atomic E-state index is 0.0237. The van der Waals surface area contributed by atoms with Gasteiger partial charge in [-0.25, -0.2) is 8.42 Å². The maximum atomic E-state index is 13.4. The van der Waals surface area contributed by atoms with Gasteiger partial charge in [0, 0.05) is 31.4 Å². The zero-order chi connectivity index (χ0) is 26.6. The SMILES string of the molecule is N#CC1(C(N)=O)CC1N1C[C@H](S(=O)(=O)c2ccc(N3CCC(C(F)(F)F)CC3)cc2Cl)C[C@H]1C(=O)O. The van der Waals surface area contributed by atoms with Gasteiger partial charge in [-0.2, -0.15) is 18.4 Å². The summed E-state index contributed by atoms with van der Waals surface area (Å²) in [6.45, 7) is 0.0719. The number of carbonyl (C=O) groups excluding carboxylic acids is 1. The summed E-state index contributed by atoms with van der Waals surface area (Å²) in [5.41, 5.74) is 4.27. The van der Waals surface area contributed by atoms with E-state index in [0.717, 1.165) is 0 Å². The molecule has 196 valence electrons. The second kappa shape index (κ2) is 9.08. The molecule has 0 aromatic heterocycles. The van der Waals surface area contributed by atoms with E-state index in [1.165, 1.54) is 23.1 Å². The fourth-order valence-corrected chi connectivity index (χ4v) is 7.53. The fourth-order valence-electron chi connectivity index (χ4n) is 5.28. The van der Waals surface area contributed by atoms with Crippen LogP contribution in [0.4, 0.5) is 18.9 Å². The van der Waals surface area contributed by atoms with Gasteiger partial charge in [-0.15, -0.1) is 0 Å². The number of likely N-dealkylation sites (tertiary alicyclic amines) is 1. The predicted molar refractivity (Wildman–Crippen MR) is 122 cm³/mol. The fraction of sp³-hybridized carbons (Fsp3) is 0.591. The van der Waals surface area contributed by atoms with E-state index in [1.54, 1.807) is 4.90 Å². The zero-order valence-electron chi connectivity index (χ0n) is 18.9. The van der Waals surface area contributed by atoms with Crippen LogP contribution in [0.25, 0.3) is 0 Å². The highest BCUT2D eigenvalue weighted by Crippen LogP contribution is 2.51. The van der Waals surface area contributed by atoms with Gasteiger partial charge in [-0.3, -0.25) is 14.5 Å². The van der Waals surface area contributed by atoms with Crippen LogP contribution in [-0.2, 0) is 19.4 Å². The van der Waals surface area contributed by atoms with Crippen LogP contribution in [-0.4, -0.2) is 73.4 Å². The van der Waals surface area contributed by atoms with Gasteiger partial charge in [0.05, 0.1) is 27.2 Å². The third kappa shape index (κ3) is 4.50. The Morgan fingerprint density at radius 2 is 1.89 bits per heavy atom. The summed E-state index contributed by atoms with van der Waals surface area (Å²) in [5.74, 6) is -3.54. The first kappa shape index (κ1) is 26.5. The highest BCUT2D eigenvalue weighted by atomic mass is 35.5. The van der Waals surface area contributed by atoms with Gasteiger partial charge in [0.25, 0.3) is 0 Å². The van der Waals surface area contributed by atoms with E-state index in [0.29, 0.717) is 5.69 Å². The molecule has 4 rings (SSSR count). The van der Waals surface area contributed by atoms with Gasteiger partial charge in [0.2, 0.25) is 5.91 Å². The quantitative estimate of drug-likeness (QED) is 0.550. The lowest BCUT2D eigenvalue weighted by Gasteiger charge is -2.34. The summed E-state index contributed by atoms with van der Waals surface area (Å²) in [5, 5.41) is 17.8. The largest absolute Gasteiger partial charge is 0.480 e. The number of benzene rings is 1. The van der Waals surface area contributed by atoms with Crippen molar-refractivity contribution in [1.29, 1.82) is 5.26 Å².